The van der Waals surface area contributed by atoms with Crippen LogP contribution in [0.2, 0.25) is 0 Å². The molecular weight excluding hydrogens is 388 g/mol. The maximum absolute atomic E-state index is 10.9. The molecule has 0 bridgehead atoms. The van der Waals surface area contributed by atoms with Crippen molar-refractivity contribution in [2.45, 2.75) is 25.6 Å². The van der Waals surface area contributed by atoms with Crippen LogP contribution in [0, 0.1) is 10.1 Å². The Morgan fingerprint density at radius 2 is 2.10 bits per heavy atom. The van der Waals surface area contributed by atoms with Crippen molar-refractivity contribution < 1.29 is 9.45 Å². The fourth-order valence-electron chi connectivity index (χ4n) is 3.54. The van der Waals surface area contributed by atoms with Crippen molar-refractivity contribution in [3.63, 3.8) is 0 Å². The van der Waals surface area contributed by atoms with Gasteiger partial charge in [-0.15, -0.1) is 0 Å². The first-order valence-corrected chi connectivity index (χ1v) is 9.26. The van der Waals surface area contributed by atoms with Crippen LogP contribution in [0.1, 0.15) is 28.9 Å². The van der Waals surface area contributed by atoms with Crippen molar-refractivity contribution in [3.8, 4) is 11.5 Å². The van der Waals surface area contributed by atoms with Crippen LogP contribution in [-0.4, -0.2) is 39.9 Å². The molecule has 0 fully saturated rings. The van der Waals surface area contributed by atoms with Gasteiger partial charge in [-0.25, -0.2) is 9.97 Å². The van der Waals surface area contributed by atoms with E-state index in [0.29, 0.717) is 36.9 Å². The van der Waals surface area contributed by atoms with Crippen molar-refractivity contribution in [1.82, 2.24) is 35.0 Å². The third-order valence-electron chi connectivity index (χ3n) is 5.05. The summed E-state index contributed by atoms with van der Waals surface area (Å²) in [5.41, 5.74) is 3.53. The van der Waals surface area contributed by atoms with Crippen LogP contribution in [0.4, 0.5) is 5.69 Å². The highest BCUT2D eigenvalue weighted by Gasteiger charge is 2.33. The Labute approximate surface area is 170 Å². The van der Waals surface area contributed by atoms with Gasteiger partial charge in [-0.2, -0.15) is 4.98 Å². The van der Waals surface area contributed by atoms with Gasteiger partial charge in [0.25, 0.3) is 5.69 Å². The number of hydrogen-bond donors (Lipinski definition) is 1. The summed E-state index contributed by atoms with van der Waals surface area (Å²) in [5, 5.41) is 15.0. The van der Waals surface area contributed by atoms with E-state index in [0.717, 1.165) is 17.0 Å². The lowest BCUT2D eigenvalue weighted by Gasteiger charge is -2.32. The maximum atomic E-state index is 10.9. The van der Waals surface area contributed by atoms with Crippen molar-refractivity contribution >= 4 is 5.69 Å². The van der Waals surface area contributed by atoms with Gasteiger partial charge in [0.1, 0.15) is 5.69 Å². The van der Waals surface area contributed by atoms with Crippen LogP contribution in [-0.2, 0) is 19.5 Å². The van der Waals surface area contributed by atoms with Crippen LogP contribution >= 0.6 is 0 Å². The lowest BCUT2D eigenvalue weighted by Crippen LogP contribution is -2.34. The van der Waals surface area contributed by atoms with Gasteiger partial charge >= 0.3 is 0 Å². The van der Waals surface area contributed by atoms with E-state index in [2.05, 4.69) is 35.0 Å². The van der Waals surface area contributed by atoms with Crippen molar-refractivity contribution in [2.75, 3.05) is 0 Å². The van der Waals surface area contributed by atoms with E-state index in [4.69, 9.17) is 4.52 Å². The number of aromatic amines is 1. The first kappa shape index (κ1) is 18.1. The molecule has 0 radical (unpaired) electrons. The molecule has 0 spiro atoms. The van der Waals surface area contributed by atoms with E-state index in [1.165, 1.54) is 12.1 Å². The molecule has 3 aromatic heterocycles. The lowest BCUT2D eigenvalue weighted by molar-refractivity contribution is -0.384. The molecule has 4 aromatic rings. The smallest absolute Gasteiger partial charge is 0.269 e. The van der Waals surface area contributed by atoms with Gasteiger partial charge in [0.2, 0.25) is 11.7 Å². The molecule has 0 saturated heterocycles. The molecule has 0 amide bonds. The average molecular weight is 404 g/mol. The summed E-state index contributed by atoms with van der Waals surface area (Å²) in [4.78, 5) is 33.0. The van der Waals surface area contributed by atoms with Crippen LogP contribution in [0.15, 0.2) is 53.7 Å². The van der Waals surface area contributed by atoms with Crippen LogP contribution in [0.25, 0.3) is 11.5 Å². The van der Waals surface area contributed by atoms with Crippen LogP contribution in [0.3, 0.4) is 0 Å². The summed E-state index contributed by atoms with van der Waals surface area (Å²) in [6.07, 6.45) is 7.01. The highest BCUT2D eigenvalue weighted by Crippen LogP contribution is 2.33. The first-order chi connectivity index (χ1) is 14.7. The predicted molar refractivity (Wildman–Crippen MR) is 103 cm³/mol. The van der Waals surface area contributed by atoms with E-state index in [1.807, 2.05) is 0 Å². The molecule has 1 N–H and O–H groups in total. The lowest BCUT2D eigenvalue weighted by atomic mass is 10.0. The van der Waals surface area contributed by atoms with Gasteiger partial charge in [-0.05, 0) is 5.56 Å². The summed E-state index contributed by atoms with van der Waals surface area (Å²) in [5.74, 6) is 0.840. The van der Waals surface area contributed by atoms with Crippen molar-refractivity contribution in [3.05, 3.63) is 82.1 Å². The molecule has 5 rings (SSSR count). The minimum absolute atomic E-state index is 0.0651. The Morgan fingerprint density at radius 3 is 2.87 bits per heavy atom. The molecule has 150 valence electrons. The zero-order chi connectivity index (χ0) is 20.5. The van der Waals surface area contributed by atoms with E-state index in [9.17, 15) is 10.1 Å². The molecule has 30 heavy (non-hydrogen) atoms. The third-order valence-corrected chi connectivity index (χ3v) is 5.05. The number of benzene rings is 1. The number of imidazole rings is 1. The Morgan fingerprint density at radius 1 is 1.23 bits per heavy atom. The Hall–Kier alpha value is -3.99. The van der Waals surface area contributed by atoms with Crippen LogP contribution in [0.5, 0.6) is 0 Å². The quantitative estimate of drug-likeness (QED) is 0.392. The zero-order valence-electron chi connectivity index (χ0n) is 15.7. The number of nitro groups is 1. The molecule has 0 aliphatic carbocycles. The Kier molecular flexibility index (Phi) is 4.48. The number of rotatable bonds is 5. The second-order valence-corrected chi connectivity index (χ2v) is 6.92. The maximum Gasteiger partial charge on any atom is 0.269 e. The summed E-state index contributed by atoms with van der Waals surface area (Å²) in [6, 6.07) is 6.35. The first-order valence-electron chi connectivity index (χ1n) is 9.26. The number of aromatic nitrogens is 6. The van der Waals surface area contributed by atoms with Crippen molar-refractivity contribution in [2.24, 2.45) is 0 Å². The zero-order valence-corrected chi connectivity index (χ0v) is 15.7. The van der Waals surface area contributed by atoms with Gasteiger partial charge in [-0.3, -0.25) is 20.0 Å². The summed E-state index contributed by atoms with van der Waals surface area (Å²) in [6.45, 7) is 1.17. The summed E-state index contributed by atoms with van der Waals surface area (Å²) in [7, 11) is 0. The second-order valence-electron chi connectivity index (χ2n) is 6.92. The van der Waals surface area contributed by atoms with E-state index >= 15 is 0 Å². The van der Waals surface area contributed by atoms with Crippen LogP contribution < -0.4 is 0 Å². The topological polar surface area (TPSA) is 140 Å². The standard InChI is InChI=1S/C19H16N8O3/c28-27(29)13-3-1-12(2-4-13)9-26-10-16-14(22-11-23-16)7-17(26)19-24-18(25-30-19)15-8-20-5-6-21-15/h1-6,8,11,17H,7,9-10H2,(H,22,23)/t17-/m0/s1. The molecule has 1 atom stereocenters. The highest BCUT2D eigenvalue weighted by atomic mass is 16.6. The van der Waals surface area contributed by atoms with Gasteiger partial charge < -0.3 is 9.51 Å². The monoisotopic (exact) mass is 404 g/mol. The minimum atomic E-state index is -0.406. The van der Waals surface area contributed by atoms with E-state index in [1.54, 1.807) is 37.1 Å². The van der Waals surface area contributed by atoms with E-state index < -0.39 is 4.92 Å². The summed E-state index contributed by atoms with van der Waals surface area (Å²) >= 11 is 0. The molecule has 1 aliphatic rings. The molecule has 0 saturated carbocycles. The molecule has 4 heterocycles. The molecule has 11 nitrogen and oxygen atoms in total. The normalized spacial score (nSPS) is 16.3. The van der Waals surface area contributed by atoms with Gasteiger partial charge in [0, 0.05) is 44.0 Å². The van der Waals surface area contributed by atoms with Gasteiger partial charge in [0.05, 0.1) is 34.9 Å². The number of H-pyrrole nitrogens is 1. The summed E-state index contributed by atoms with van der Waals surface area (Å²) < 4.78 is 5.57. The van der Waals surface area contributed by atoms with Gasteiger partial charge in [-0.1, -0.05) is 17.3 Å². The number of nitrogens with zero attached hydrogens (tertiary/aromatic N) is 7. The van der Waals surface area contributed by atoms with Crippen molar-refractivity contribution in [1.29, 1.82) is 0 Å². The Bertz CT molecular complexity index is 1170. The average Bonchev–Trinajstić information content (AvgIpc) is 3.43. The second kappa shape index (κ2) is 7.44. The largest absolute Gasteiger partial charge is 0.347 e. The molecular formula is C19H16N8O3. The molecule has 0 unspecified atom stereocenters. The van der Waals surface area contributed by atoms with Gasteiger partial charge in [0.15, 0.2) is 0 Å². The number of non-ortho nitro benzene ring substituents is 1. The molecule has 11 heteroatoms. The number of hydrogen-bond acceptors (Lipinski definition) is 9. The highest BCUT2D eigenvalue weighted by molar-refractivity contribution is 5.45. The number of nitrogens with one attached hydrogen (secondary N) is 1. The van der Waals surface area contributed by atoms with E-state index in [-0.39, 0.29) is 11.7 Å². The fraction of sp³-hybridized carbons (Fsp3) is 0.211. The minimum Gasteiger partial charge on any atom is -0.347 e. The number of nitro benzene ring substituents is 1. The molecule has 1 aromatic carbocycles. The third kappa shape index (κ3) is 3.42. The predicted octanol–water partition coefficient (Wildman–Crippen LogP) is 2.46. The fourth-order valence-corrected chi connectivity index (χ4v) is 3.54. The number of fused-ring (bicyclic) bond motifs is 1. The Balaban J connectivity index is 1.44. The SMILES string of the molecule is O=[N+]([O-])c1ccc(CN2Cc3[nH]cnc3C[C@H]2c2nc(-c3cnccn3)no2)cc1. The molecule has 1 aliphatic heterocycles.